The van der Waals surface area contributed by atoms with Crippen molar-refractivity contribution in [1.29, 1.82) is 0 Å². The van der Waals surface area contributed by atoms with Crippen molar-refractivity contribution in [3.8, 4) is 0 Å². The molecule has 0 aromatic heterocycles. The Labute approximate surface area is 106 Å². The molecule has 1 saturated carbocycles. The van der Waals surface area contributed by atoms with Gasteiger partial charge in [-0.2, -0.15) is 0 Å². The highest BCUT2D eigenvalue weighted by Crippen LogP contribution is 2.18. The summed E-state index contributed by atoms with van der Waals surface area (Å²) in [4.78, 5) is 24.8. The minimum atomic E-state index is 0.00718. The van der Waals surface area contributed by atoms with Gasteiger partial charge in [0, 0.05) is 6.04 Å². The van der Waals surface area contributed by atoms with Crippen LogP contribution in [0.2, 0.25) is 0 Å². The molecule has 0 unspecified atom stereocenters. The Balaban J connectivity index is 1.74. The lowest BCUT2D eigenvalue weighted by molar-refractivity contribution is -0.132. The lowest BCUT2D eigenvalue weighted by atomic mass is 10.1. The predicted octanol–water partition coefficient (Wildman–Crippen LogP) is 1.36. The second kappa shape index (κ2) is 6.28. The number of amides is 2. The SMILES string of the molecule is O=C(CN1CSCC1=O)NC1CCCCCC1. The van der Waals surface area contributed by atoms with E-state index in [-0.39, 0.29) is 18.4 Å². The summed E-state index contributed by atoms with van der Waals surface area (Å²) in [7, 11) is 0. The predicted molar refractivity (Wildman–Crippen MR) is 68.7 cm³/mol. The van der Waals surface area contributed by atoms with Crippen molar-refractivity contribution in [2.45, 2.75) is 44.6 Å². The Morgan fingerprint density at radius 2 is 2.00 bits per heavy atom. The van der Waals surface area contributed by atoms with Gasteiger partial charge in [-0.3, -0.25) is 9.59 Å². The summed E-state index contributed by atoms with van der Waals surface area (Å²) in [5, 5.41) is 3.06. The molecule has 96 valence electrons. The zero-order chi connectivity index (χ0) is 12.1. The molecule has 1 saturated heterocycles. The van der Waals surface area contributed by atoms with Crippen LogP contribution in [0.3, 0.4) is 0 Å². The first-order valence-electron chi connectivity index (χ1n) is 6.40. The Kier molecular flexibility index (Phi) is 4.71. The molecule has 1 aliphatic carbocycles. The molecule has 1 N–H and O–H groups in total. The molecule has 4 nitrogen and oxygen atoms in total. The molecule has 2 rings (SSSR count). The Morgan fingerprint density at radius 3 is 2.59 bits per heavy atom. The molecule has 0 atom stereocenters. The summed E-state index contributed by atoms with van der Waals surface area (Å²) in [6, 6.07) is 0.329. The number of thioether (sulfide) groups is 1. The summed E-state index contributed by atoms with van der Waals surface area (Å²) in [6.07, 6.45) is 7.18. The van der Waals surface area contributed by atoms with Gasteiger partial charge in [0.2, 0.25) is 11.8 Å². The largest absolute Gasteiger partial charge is 0.352 e. The van der Waals surface area contributed by atoms with E-state index in [9.17, 15) is 9.59 Å². The number of carbonyl (C=O) groups excluding carboxylic acids is 2. The molecule has 0 spiro atoms. The molecule has 2 fully saturated rings. The van der Waals surface area contributed by atoms with Crippen LogP contribution in [0.5, 0.6) is 0 Å². The monoisotopic (exact) mass is 256 g/mol. The summed E-state index contributed by atoms with van der Waals surface area (Å²) < 4.78 is 0. The van der Waals surface area contributed by atoms with Crippen molar-refractivity contribution >= 4 is 23.6 Å². The van der Waals surface area contributed by atoms with Crippen molar-refractivity contribution in [1.82, 2.24) is 10.2 Å². The third-order valence-corrected chi connectivity index (χ3v) is 4.33. The Morgan fingerprint density at radius 1 is 1.29 bits per heavy atom. The van der Waals surface area contributed by atoms with Gasteiger partial charge in [0.05, 0.1) is 11.6 Å². The van der Waals surface area contributed by atoms with Crippen LogP contribution < -0.4 is 5.32 Å². The minimum absolute atomic E-state index is 0.00718. The van der Waals surface area contributed by atoms with Crippen LogP contribution in [0.4, 0.5) is 0 Å². The molecule has 5 heteroatoms. The first-order valence-corrected chi connectivity index (χ1v) is 7.56. The van der Waals surface area contributed by atoms with Crippen molar-refractivity contribution in [2.75, 3.05) is 18.2 Å². The highest BCUT2D eigenvalue weighted by molar-refractivity contribution is 8.00. The highest BCUT2D eigenvalue weighted by Gasteiger charge is 2.24. The first kappa shape index (κ1) is 12.7. The lowest BCUT2D eigenvalue weighted by Crippen LogP contribution is -2.42. The lowest BCUT2D eigenvalue weighted by Gasteiger charge is -2.19. The molecule has 1 aliphatic heterocycles. The van der Waals surface area contributed by atoms with Crippen LogP contribution in [0.25, 0.3) is 0 Å². The fraction of sp³-hybridized carbons (Fsp3) is 0.833. The maximum atomic E-state index is 11.8. The van der Waals surface area contributed by atoms with Gasteiger partial charge in [-0.05, 0) is 12.8 Å². The van der Waals surface area contributed by atoms with E-state index in [2.05, 4.69) is 5.32 Å². The highest BCUT2D eigenvalue weighted by atomic mass is 32.2. The minimum Gasteiger partial charge on any atom is -0.352 e. The van der Waals surface area contributed by atoms with Gasteiger partial charge in [0.15, 0.2) is 0 Å². The molecule has 2 amide bonds. The summed E-state index contributed by atoms with van der Waals surface area (Å²) >= 11 is 1.58. The van der Waals surface area contributed by atoms with E-state index in [4.69, 9.17) is 0 Å². The van der Waals surface area contributed by atoms with Crippen LogP contribution in [-0.4, -0.2) is 40.9 Å². The number of hydrogen-bond donors (Lipinski definition) is 1. The molecule has 17 heavy (non-hydrogen) atoms. The third kappa shape index (κ3) is 3.91. The van der Waals surface area contributed by atoms with E-state index in [1.54, 1.807) is 16.7 Å². The van der Waals surface area contributed by atoms with Gasteiger partial charge >= 0.3 is 0 Å². The van der Waals surface area contributed by atoms with E-state index in [0.29, 0.717) is 17.7 Å². The summed E-state index contributed by atoms with van der Waals surface area (Å²) in [5.74, 6) is 1.28. The Bertz CT molecular complexity index is 288. The molecule has 0 aromatic rings. The topological polar surface area (TPSA) is 49.4 Å². The maximum Gasteiger partial charge on any atom is 0.239 e. The van der Waals surface area contributed by atoms with Crippen molar-refractivity contribution in [3.05, 3.63) is 0 Å². The number of rotatable bonds is 3. The molecule has 0 radical (unpaired) electrons. The molecule has 0 bridgehead atoms. The van der Waals surface area contributed by atoms with Gasteiger partial charge < -0.3 is 10.2 Å². The average Bonchev–Trinajstić information content (AvgIpc) is 2.55. The fourth-order valence-electron chi connectivity index (χ4n) is 2.41. The van der Waals surface area contributed by atoms with Crippen LogP contribution in [0, 0.1) is 0 Å². The zero-order valence-electron chi connectivity index (χ0n) is 10.1. The normalized spacial score (nSPS) is 22.6. The van der Waals surface area contributed by atoms with E-state index >= 15 is 0 Å². The molecule has 0 aromatic carbocycles. The quantitative estimate of drug-likeness (QED) is 0.776. The Hall–Kier alpha value is -0.710. The molecule has 2 aliphatic rings. The van der Waals surface area contributed by atoms with Gasteiger partial charge in [-0.1, -0.05) is 25.7 Å². The maximum absolute atomic E-state index is 11.8. The molecule has 1 heterocycles. The van der Waals surface area contributed by atoms with Crippen LogP contribution in [0.15, 0.2) is 0 Å². The standard InChI is InChI=1S/C12H20N2O2S/c15-11(7-14-9-17-8-12(14)16)13-10-5-3-1-2-4-6-10/h10H,1-9H2,(H,13,15). The number of hydrogen-bond acceptors (Lipinski definition) is 3. The van der Waals surface area contributed by atoms with E-state index < -0.39 is 0 Å². The second-order valence-electron chi connectivity index (χ2n) is 4.83. The molecular formula is C12H20N2O2S. The van der Waals surface area contributed by atoms with Gasteiger partial charge in [-0.15, -0.1) is 11.8 Å². The van der Waals surface area contributed by atoms with Gasteiger partial charge in [0.25, 0.3) is 0 Å². The smallest absolute Gasteiger partial charge is 0.239 e. The number of carbonyl (C=O) groups is 2. The fourth-order valence-corrected chi connectivity index (χ4v) is 3.31. The van der Waals surface area contributed by atoms with Gasteiger partial charge in [0.1, 0.15) is 6.54 Å². The van der Waals surface area contributed by atoms with Gasteiger partial charge in [-0.25, -0.2) is 0 Å². The van der Waals surface area contributed by atoms with Crippen molar-refractivity contribution in [2.24, 2.45) is 0 Å². The van der Waals surface area contributed by atoms with E-state index in [1.807, 2.05) is 0 Å². The first-order chi connectivity index (χ1) is 8.25. The zero-order valence-corrected chi connectivity index (χ0v) is 10.9. The van der Waals surface area contributed by atoms with Crippen LogP contribution in [-0.2, 0) is 9.59 Å². The van der Waals surface area contributed by atoms with Crippen LogP contribution >= 0.6 is 11.8 Å². The average molecular weight is 256 g/mol. The summed E-state index contributed by atoms with van der Waals surface area (Å²) in [6.45, 7) is 0.238. The molecular weight excluding hydrogens is 236 g/mol. The van der Waals surface area contributed by atoms with Crippen molar-refractivity contribution in [3.63, 3.8) is 0 Å². The number of nitrogens with zero attached hydrogens (tertiary/aromatic N) is 1. The number of nitrogens with one attached hydrogen (secondary N) is 1. The van der Waals surface area contributed by atoms with Crippen molar-refractivity contribution < 1.29 is 9.59 Å². The summed E-state index contributed by atoms with van der Waals surface area (Å²) in [5.41, 5.74) is 0. The van der Waals surface area contributed by atoms with E-state index in [1.165, 1.54) is 25.7 Å². The second-order valence-corrected chi connectivity index (χ2v) is 5.78. The third-order valence-electron chi connectivity index (χ3n) is 3.38. The van der Waals surface area contributed by atoms with Crippen LogP contribution in [0.1, 0.15) is 38.5 Å². The van der Waals surface area contributed by atoms with E-state index in [0.717, 1.165) is 12.8 Å².